The van der Waals surface area contributed by atoms with Crippen LogP contribution in [-0.4, -0.2) is 33.8 Å². The van der Waals surface area contributed by atoms with Gasteiger partial charge in [0.15, 0.2) is 0 Å². The lowest BCUT2D eigenvalue weighted by Gasteiger charge is -2.44. The van der Waals surface area contributed by atoms with Crippen molar-refractivity contribution in [2.24, 2.45) is 5.92 Å². The average Bonchev–Trinajstić information content (AvgIpc) is 2.47. The molecule has 2 saturated heterocycles. The fourth-order valence-corrected chi connectivity index (χ4v) is 4.91. The SMILES string of the molecule is OC(c1cncc(Br)c1)C1CCOC2(CCSCC2)C1. The van der Waals surface area contributed by atoms with E-state index in [9.17, 15) is 5.11 Å². The van der Waals surface area contributed by atoms with Crippen LogP contribution in [0.4, 0.5) is 0 Å². The van der Waals surface area contributed by atoms with Crippen molar-refractivity contribution in [1.29, 1.82) is 0 Å². The lowest BCUT2D eigenvalue weighted by atomic mass is 9.78. The number of aromatic nitrogens is 1. The molecule has 2 aliphatic rings. The molecule has 5 heteroatoms. The second kappa shape index (κ2) is 6.34. The van der Waals surface area contributed by atoms with Gasteiger partial charge in [0.05, 0.1) is 11.7 Å². The van der Waals surface area contributed by atoms with Crippen molar-refractivity contribution < 1.29 is 9.84 Å². The van der Waals surface area contributed by atoms with E-state index in [2.05, 4.69) is 20.9 Å². The van der Waals surface area contributed by atoms with Crippen LogP contribution in [-0.2, 0) is 4.74 Å². The van der Waals surface area contributed by atoms with Gasteiger partial charge in [-0.15, -0.1) is 0 Å². The summed E-state index contributed by atoms with van der Waals surface area (Å²) in [6, 6.07) is 1.97. The Morgan fingerprint density at radius 3 is 2.95 bits per heavy atom. The molecule has 3 heterocycles. The molecule has 0 amide bonds. The molecular weight excluding hydrogens is 338 g/mol. The third-order valence-electron chi connectivity index (χ3n) is 4.45. The minimum atomic E-state index is -0.435. The molecule has 1 aromatic heterocycles. The minimum absolute atomic E-state index is 0.0224. The molecule has 0 radical (unpaired) electrons. The number of aliphatic hydroxyl groups excluding tert-OH is 1. The van der Waals surface area contributed by atoms with Gasteiger partial charge in [-0.2, -0.15) is 11.8 Å². The summed E-state index contributed by atoms with van der Waals surface area (Å²) in [6.45, 7) is 0.772. The smallest absolute Gasteiger partial charge is 0.0835 e. The Hall–Kier alpha value is -0.100. The molecular formula is C15H20BrNO2S. The van der Waals surface area contributed by atoms with E-state index < -0.39 is 6.10 Å². The lowest BCUT2D eigenvalue weighted by molar-refractivity contribution is -0.121. The van der Waals surface area contributed by atoms with E-state index in [1.54, 1.807) is 12.4 Å². The third-order valence-corrected chi connectivity index (χ3v) is 5.87. The Kier molecular flexibility index (Phi) is 4.70. The highest BCUT2D eigenvalue weighted by Crippen LogP contribution is 2.43. The largest absolute Gasteiger partial charge is 0.388 e. The molecule has 2 fully saturated rings. The van der Waals surface area contributed by atoms with E-state index in [1.807, 2.05) is 17.8 Å². The molecule has 0 aromatic carbocycles. The summed E-state index contributed by atoms with van der Waals surface area (Å²) >= 11 is 5.44. The van der Waals surface area contributed by atoms with E-state index in [0.29, 0.717) is 0 Å². The van der Waals surface area contributed by atoms with Crippen LogP contribution in [0.2, 0.25) is 0 Å². The predicted octanol–water partition coefficient (Wildman–Crippen LogP) is 3.57. The molecule has 0 aliphatic carbocycles. The zero-order valence-corrected chi connectivity index (χ0v) is 13.8. The Morgan fingerprint density at radius 2 is 2.20 bits per heavy atom. The summed E-state index contributed by atoms with van der Waals surface area (Å²) in [6.07, 6.45) is 7.24. The van der Waals surface area contributed by atoms with E-state index in [0.717, 1.165) is 42.3 Å². The van der Waals surface area contributed by atoms with Gasteiger partial charge in [0.2, 0.25) is 0 Å². The van der Waals surface area contributed by atoms with Crippen LogP contribution < -0.4 is 0 Å². The quantitative estimate of drug-likeness (QED) is 0.878. The number of halogens is 1. The number of aliphatic hydroxyl groups is 1. The highest BCUT2D eigenvalue weighted by atomic mass is 79.9. The maximum Gasteiger partial charge on any atom is 0.0835 e. The second-order valence-electron chi connectivity index (χ2n) is 5.78. The van der Waals surface area contributed by atoms with Gasteiger partial charge in [-0.05, 0) is 65.1 Å². The van der Waals surface area contributed by atoms with Crippen molar-refractivity contribution in [3.05, 3.63) is 28.5 Å². The van der Waals surface area contributed by atoms with E-state index in [4.69, 9.17) is 4.74 Å². The van der Waals surface area contributed by atoms with Gasteiger partial charge in [0, 0.05) is 29.0 Å². The van der Waals surface area contributed by atoms with Gasteiger partial charge >= 0.3 is 0 Å². The Bertz CT molecular complexity index is 459. The molecule has 0 bridgehead atoms. The fourth-order valence-electron chi connectivity index (χ4n) is 3.29. The first-order valence-corrected chi connectivity index (χ1v) is 9.14. The topological polar surface area (TPSA) is 42.4 Å². The molecule has 110 valence electrons. The van der Waals surface area contributed by atoms with Gasteiger partial charge in [-0.3, -0.25) is 4.98 Å². The lowest BCUT2D eigenvalue weighted by Crippen LogP contribution is -2.44. The van der Waals surface area contributed by atoms with Crippen LogP contribution in [0.5, 0.6) is 0 Å². The van der Waals surface area contributed by atoms with Gasteiger partial charge in [-0.1, -0.05) is 0 Å². The van der Waals surface area contributed by atoms with E-state index in [1.165, 1.54) is 11.5 Å². The van der Waals surface area contributed by atoms with Crippen LogP contribution in [0.1, 0.15) is 37.4 Å². The van der Waals surface area contributed by atoms with Gasteiger partial charge < -0.3 is 9.84 Å². The van der Waals surface area contributed by atoms with Gasteiger partial charge in [0.25, 0.3) is 0 Å². The second-order valence-corrected chi connectivity index (χ2v) is 7.92. The third kappa shape index (κ3) is 3.21. The summed E-state index contributed by atoms with van der Waals surface area (Å²) in [7, 11) is 0. The molecule has 3 rings (SSSR count). The zero-order valence-electron chi connectivity index (χ0n) is 11.4. The molecule has 2 aliphatic heterocycles. The number of hydrogen-bond acceptors (Lipinski definition) is 4. The first-order chi connectivity index (χ1) is 9.69. The summed E-state index contributed by atoms with van der Waals surface area (Å²) in [4.78, 5) is 4.16. The number of thioether (sulfide) groups is 1. The average molecular weight is 358 g/mol. The Morgan fingerprint density at radius 1 is 1.40 bits per heavy atom. The summed E-state index contributed by atoms with van der Waals surface area (Å²) in [5, 5.41) is 10.7. The molecule has 2 unspecified atom stereocenters. The van der Waals surface area contributed by atoms with Gasteiger partial charge in [0.1, 0.15) is 0 Å². The predicted molar refractivity (Wildman–Crippen MR) is 84.9 cm³/mol. The van der Waals surface area contributed by atoms with Crippen molar-refractivity contribution in [3.63, 3.8) is 0 Å². The summed E-state index contributed by atoms with van der Waals surface area (Å²) in [5.41, 5.74) is 0.931. The molecule has 1 aromatic rings. The maximum atomic E-state index is 10.7. The monoisotopic (exact) mass is 357 g/mol. The van der Waals surface area contributed by atoms with Crippen LogP contribution in [0, 0.1) is 5.92 Å². The van der Waals surface area contributed by atoms with Gasteiger partial charge in [-0.25, -0.2) is 0 Å². The first kappa shape index (κ1) is 14.8. The number of pyridine rings is 1. The molecule has 0 saturated carbocycles. The molecule has 2 atom stereocenters. The van der Waals surface area contributed by atoms with Crippen molar-refractivity contribution in [1.82, 2.24) is 4.98 Å². The summed E-state index contributed by atoms with van der Waals surface area (Å²) in [5.74, 6) is 2.64. The fraction of sp³-hybridized carbons (Fsp3) is 0.667. The molecule has 1 spiro atoms. The van der Waals surface area contributed by atoms with Crippen molar-refractivity contribution >= 4 is 27.7 Å². The van der Waals surface area contributed by atoms with Crippen LogP contribution in [0.25, 0.3) is 0 Å². The van der Waals surface area contributed by atoms with Crippen LogP contribution >= 0.6 is 27.7 Å². The van der Waals surface area contributed by atoms with Crippen LogP contribution in [0.15, 0.2) is 22.9 Å². The van der Waals surface area contributed by atoms with E-state index in [-0.39, 0.29) is 11.5 Å². The normalized spacial score (nSPS) is 27.4. The van der Waals surface area contributed by atoms with Crippen molar-refractivity contribution in [3.8, 4) is 0 Å². The van der Waals surface area contributed by atoms with Crippen molar-refractivity contribution in [2.75, 3.05) is 18.1 Å². The van der Waals surface area contributed by atoms with Crippen LogP contribution in [0.3, 0.4) is 0 Å². The first-order valence-electron chi connectivity index (χ1n) is 7.19. The van der Waals surface area contributed by atoms with E-state index >= 15 is 0 Å². The van der Waals surface area contributed by atoms with Crippen molar-refractivity contribution in [2.45, 2.75) is 37.4 Å². The molecule has 3 nitrogen and oxygen atoms in total. The standard InChI is InChI=1S/C15H20BrNO2S/c16-13-7-12(9-17-10-13)14(18)11-1-4-19-15(8-11)2-5-20-6-3-15/h7,9-11,14,18H,1-6,8H2. The maximum absolute atomic E-state index is 10.7. The highest BCUT2D eigenvalue weighted by molar-refractivity contribution is 9.10. The number of nitrogens with zero attached hydrogens (tertiary/aromatic N) is 1. The Labute approximate surface area is 132 Å². The zero-order chi connectivity index (χ0) is 14.0. The number of rotatable bonds is 2. The number of hydrogen-bond donors (Lipinski definition) is 1. The summed E-state index contributed by atoms with van der Waals surface area (Å²) < 4.78 is 7.02. The minimum Gasteiger partial charge on any atom is -0.388 e. The Balaban J connectivity index is 1.73. The highest BCUT2D eigenvalue weighted by Gasteiger charge is 2.41. The number of ether oxygens (including phenoxy) is 1. The molecule has 20 heavy (non-hydrogen) atoms. The molecule has 1 N–H and O–H groups in total.